The van der Waals surface area contributed by atoms with E-state index in [0.29, 0.717) is 12.2 Å². The predicted octanol–water partition coefficient (Wildman–Crippen LogP) is 4.14. The third-order valence-electron chi connectivity index (χ3n) is 3.67. The van der Waals surface area contributed by atoms with Crippen LogP contribution in [0.15, 0.2) is 36.4 Å². The summed E-state index contributed by atoms with van der Waals surface area (Å²) in [5.74, 6) is -0.771. The van der Waals surface area contributed by atoms with Crippen molar-refractivity contribution in [1.82, 2.24) is 5.32 Å². The van der Waals surface area contributed by atoms with Gasteiger partial charge in [-0.25, -0.2) is 0 Å². The van der Waals surface area contributed by atoms with Crippen LogP contribution in [0.2, 0.25) is 5.02 Å². The van der Waals surface area contributed by atoms with Gasteiger partial charge in [-0.2, -0.15) is 13.2 Å². The van der Waals surface area contributed by atoms with E-state index in [1.54, 1.807) is 6.07 Å². The Labute approximate surface area is 146 Å². The van der Waals surface area contributed by atoms with E-state index in [-0.39, 0.29) is 16.3 Å². The van der Waals surface area contributed by atoms with Crippen LogP contribution in [0.5, 0.6) is 5.75 Å². The van der Waals surface area contributed by atoms with Gasteiger partial charge in [-0.05, 0) is 41.5 Å². The van der Waals surface area contributed by atoms with Gasteiger partial charge in [-0.15, -0.1) is 0 Å². The quantitative estimate of drug-likeness (QED) is 0.850. The van der Waals surface area contributed by atoms with Gasteiger partial charge in [0, 0.05) is 23.8 Å². The lowest BCUT2D eigenvalue weighted by Crippen LogP contribution is -2.21. The van der Waals surface area contributed by atoms with Crippen LogP contribution in [0.3, 0.4) is 0 Å². The fourth-order valence-corrected chi connectivity index (χ4v) is 2.71. The Morgan fingerprint density at radius 2 is 1.92 bits per heavy atom. The molecule has 1 amide bonds. The molecule has 3 rings (SSSR count). The van der Waals surface area contributed by atoms with Crippen LogP contribution in [0.25, 0.3) is 0 Å². The molecule has 0 aliphatic carbocycles. The highest BCUT2D eigenvalue weighted by atomic mass is 35.5. The van der Waals surface area contributed by atoms with Gasteiger partial charge >= 0.3 is 6.18 Å². The normalized spacial score (nSPS) is 13.4. The molecule has 25 heavy (non-hydrogen) atoms. The Morgan fingerprint density at radius 3 is 2.68 bits per heavy atom. The molecule has 0 spiro atoms. The van der Waals surface area contributed by atoms with Gasteiger partial charge in [0.05, 0.1) is 5.56 Å². The summed E-state index contributed by atoms with van der Waals surface area (Å²) in [5.41, 5.74) is 2.71. The molecular formula is C17H14ClF3N2O2. The Bertz CT molecular complexity index is 809. The van der Waals surface area contributed by atoms with Crippen LogP contribution in [-0.4, -0.2) is 18.7 Å². The van der Waals surface area contributed by atoms with Crippen molar-refractivity contribution in [1.29, 1.82) is 0 Å². The molecule has 0 atom stereocenters. The van der Waals surface area contributed by atoms with Crippen LogP contribution in [0.4, 0.5) is 18.9 Å². The molecule has 0 bridgehead atoms. The lowest BCUT2D eigenvalue weighted by Gasteiger charge is -2.14. The van der Waals surface area contributed by atoms with Crippen LogP contribution in [0, 0.1) is 0 Å². The molecular weight excluding hydrogens is 357 g/mol. The second-order valence-corrected chi connectivity index (χ2v) is 6.02. The maximum absolute atomic E-state index is 12.5. The smallest absolute Gasteiger partial charge is 0.422 e. The number of anilines is 1. The summed E-state index contributed by atoms with van der Waals surface area (Å²) < 4.78 is 41.8. The molecule has 0 unspecified atom stereocenters. The zero-order valence-corrected chi connectivity index (χ0v) is 13.7. The van der Waals surface area contributed by atoms with Crippen LogP contribution in [-0.2, 0) is 13.1 Å². The number of alkyl halides is 3. The number of hydrogen-bond acceptors (Lipinski definition) is 3. The van der Waals surface area contributed by atoms with E-state index in [1.165, 1.54) is 18.2 Å². The van der Waals surface area contributed by atoms with Gasteiger partial charge in [0.1, 0.15) is 5.75 Å². The maximum atomic E-state index is 12.5. The van der Waals surface area contributed by atoms with Crippen molar-refractivity contribution < 1.29 is 22.7 Å². The summed E-state index contributed by atoms with van der Waals surface area (Å²) in [7, 11) is 0. The van der Waals surface area contributed by atoms with Crippen molar-refractivity contribution in [2.24, 2.45) is 0 Å². The number of ether oxygens (including phenoxy) is 1. The Kier molecular flexibility index (Phi) is 4.87. The average Bonchev–Trinajstić information content (AvgIpc) is 3.00. The molecule has 2 N–H and O–H groups in total. The molecule has 0 aromatic heterocycles. The van der Waals surface area contributed by atoms with Crippen molar-refractivity contribution in [2.75, 3.05) is 11.9 Å². The molecule has 1 heterocycles. The van der Waals surface area contributed by atoms with Crippen molar-refractivity contribution in [3.05, 3.63) is 58.1 Å². The first kappa shape index (κ1) is 17.6. The number of carbonyl (C=O) groups is 1. The SMILES string of the molecule is O=C(Nc1ccc2c(c1)CNC2)c1cc(Cl)ccc1OCC(F)(F)F. The standard InChI is InChI=1S/C17H14ClF3N2O2/c18-12-2-4-15(25-9-17(19,20)21)14(6-12)16(24)23-13-3-1-10-7-22-8-11(10)5-13/h1-6,22H,7-9H2,(H,23,24). The number of nitrogens with one attached hydrogen (secondary N) is 2. The van der Waals surface area contributed by atoms with Gasteiger partial charge in [0.25, 0.3) is 5.91 Å². The number of rotatable bonds is 4. The largest absolute Gasteiger partial charge is 0.483 e. The second kappa shape index (κ2) is 6.93. The summed E-state index contributed by atoms with van der Waals surface area (Å²) in [6, 6.07) is 9.35. The average molecular weight is 371 g/mol. The predicted molar refractivity (Wildman–Crippen MR) is 87.9 cm³/mol. The first-order chi connectivity index (χ1) is 11.8. The fourth-order valence-electron chi connectivity index (χ4n) is 2.54. The Hall–Kier alpha value is -2.25. The molecule has 2 aromatic carbocycles. The van der Waals surface area contributed by atoms with Crippen LogP contribution in [0.1, 0.15) is 21.5 Å². The highest BCUT2D eigenvalue weighted by molar-refractivity contribution is 6.31. The number of amides is 1. The number of halogens is 4. The van der Waals surface area contributed by atoms with Crippen LogP contribution < -0.4 is 15.4 Å². The lowest BCUT2D eigenvalue weighted by atomic mass is 10.1. The summed E-state index contributed by atoms with van der Waals surface area (Å²) in [5, 5.41) is 6.08. The molecule has 1 aliphatic rings. The van der Waals surface area contributed by atoms with E-state index in [4.69, 9.17) is 16.3 Å². The maximum Gasteiger partial charge on any atom is 0.422 e. The molecule has 0 fully saturated rings. The monoisotopic (exact) mass is 370 g/mol. The number of hydrogen-bond donors (Lipinski definition) is 2. The van der Waals surface area contributed by atoms with Gasteiger partial charge in [-0.3, -0.25) is 4.79 Å². The summed E-state index contributed by atoms with van der Waals surface area (Å²) >= 11 is 5.86. The van der Waals surface area contributed by atoms with Crippen molar-refractivity contribution in [3.63, 3.8) is 0 Å². The topological polar surface area (TPSA) is 50.4 Å². The van der Waals surface area contributed by atoms with Gasteiger partial charge in [-0.1, -0.05) is 17.7 Å². The molecule has 8 heteroatoms. The number of carbonyl (C=O) groups excluding carboxylic acids is 1. The summed E-state index contributed by atoms with van der Waals surface area (Å²) in [6.07, 6.45) is -4.50. The minimum Gasteiger partial charge on any atom is -0.483 e. The number of benzene rings is 2. The minimum atomic E-state index is -4.50. The first-order valence-corrected chi connectivity index (χ1v) is 7.82. The van der Waals surface area contributed by atoms with Gasteiger partial charge in [0.2, 0.25) is 0 Å². The fraction of sp³-hybridized carbons (Fsp3) is 0.235. The lowest BCUT2D eigenvalue weighted by molar-refractivity contribution is -0.153. The first-order valence-electron chi connectivity index (χ1n) is 7.45. The third-order valence-corrected chi connectivity index (χ3v) is 3.91. The van der Waals surface area contributed by atoms with E-state index in [1.807, 2.05) is 12.1 Å². The van der Waals surface area contributed by atoms with Crippen molar-refractivity contribution >= 4 is 23.2 Å². The zero-order chi connectivity index (χ0) is 18.0. The van der Waals surface area contributed by atoms with E-state index >= 15 is 0 Å². The third kappa shape index (κ3) is 4.43. The van der Waals surface area contributed by atoms with E-state index in [0.717, 1.165) is 17.7 Å². The van der Waals surface area contributed by atoms with Crippen molar-refractivity contribution in [3.8, 4) is 5.75 Å². The van der Waals surface area contributed by atoms with E-state index in [9.17, 15) is 18.0 Å². The highest BCUT2D eigenvalue weighted by Gasteiger charge is 2.29. The Morgan fingerprint density at radius 1 is 1.16 bits per heavy atom. The van der Waals surface area contributed by atoms with Crippen molar-refractivity contribution in [2.45, 2.75) is 19.3 Å². The summed E-state index contributed by atoms with van der Waals surface area (Å²) in [6.45, 7) is -0.0110. The molecule has 4 nitrogen and oxygen atoms in total. The van der Waals surface area contributed by atoms with E-state index < -0.39 is 18.7 Å². The Balaban J connectivity index is 1.80. The van der Waals surface area contributed by atoms with Gasteiger partial charge in [0.15, 0.2) is 6.61 Å². The molecule has 0 saturated heterocycles. The molecule has 1 aliphatic heterocycles. The highest BCUT2D eigenvalue weighted by Crippen LogP contribution is 2.27. The second-order valence-electron chi connectivity index (χ2n) is 5.59. The minimum absolute atomic E-state index is 0.0598. The van der Waals surface area contributed by atoms with Crippen LogP contribution >= 0.6 is 11.6 Å². The van der Waals surface area contributed by atoms with Gasteiger partial charge < -0.3 is 15.4 Å². The number of fused-ring (bicyclic) bond motifs is 1. The molecule has 132 valence electrons. The zero-order valence-electron chi connectivity index (χ0n) is 12.9. The van der Waals surface area contributed by atoms with E-state index in [2.05, 4.69) is 10.6 Å². The molecule has 0 saturated carbocycles. The molecule has 0 radical (unpaired) electrons. The molecule has 2 aromatic rings. The summed E-state index contributed by atoms with van der Waals surface area (Å²) in [4.78, 5) is 12.5.